The van der Waals surface area contributed by atoms with Crippen molar-refractivity contribution in [3.63, 3.8) is 0 Å². The predicted octanol–water partition coefficient (Wildman–Crippen LogP) is 1.24. The number of aromatic nitrogens is 2. The minimum atomic E-state index is -3.41. The van der Waals surface area contributed by atoms with Gasteiger partial charge >= 0.3 is 0 Å². The number of benzene rings is 1. The van der Waals surface area contributed by atoms with Gasteiger partial charge in [0, 0.05) is 31.0 Å². The first kappa shape index (κ1) is 16.5. The van der Waals surface area contributed by atoms with E-state index in [1.54, 1.807) is 36.7 Å². The number of nitrogens with one attached hydrogen (secondary N) is 2. The Morgan fingerprint density at radius 1 is 1.05 bits per heavy atom. The quantitative estimate of drug-likeness (QED) is 0.715. The standard InChI is InChI=1S/C15H20N4O2S/c1-13-3-5-15(6-4-13)22(20,21)19-8-2-7-16-9-14-10-17-12-18-11-14/h3-6,10-12,16,19H,2,7-9H2,1H3. The summed E-state index contributed by atoms with van der Waals surface area (Å²) < 4.78 is 26.7. The van der Waals surface area contributed by atoms with E-state index in [9.17, 15) is 8.42 Å². The average molecular weight is 320 g/mol. The maximum atomic E-state index is 12.0. The minimum Gasteiger partial charge on any atom is -0.313 e. The Balaban J connectivity index is 1.68. The third-order valence-electron chi connectivity index (χ3n) is 3.10. The van der Waals surface area contributed by atoms with Crippen molar-refractivity contribution in [2.45, 2.75) is 24.8 Å². The van der Waals surface area contributed by atoms with E-state index in [1.807, 2.05) is 6.92 Å². The van der Waals surface area contributed by atoms with Gasteiger partial charge in [0.05, 0.1) is 4.90 Å². The fourth-order valence-corrected chi connectivity index (χ4v) is 2.95. The molecule has 1 heterocycles. The van der Waals surface area contributed by atoms with Gasteiger partial charge in [-0.1, -0.05) is 17.7 Å². The van der Waals surface area contributed by atoms with Crippen molar-refractivity contribution in [1.82, 2.24) is 20.0 Å². The van der Waals surface area contributed by atoms with E-state index in [-0.39, 0.29) is 0 Å². The Morgan fingerprint density at radius 3 is 2.41 bits per heavy atom. The molecule has 0 spiro atoms. The molecule has 0 atom stereocenters. The summed E-state index contributed by atoms with van der Waals surface area (Å²) in [5.74, 6) is 0. The lowest BCUT2D eigenvalue weighted by atomic mass is 10.2. The first-order valence-electron chi connectivity index (χ1n) is 7.09. The van der Waals surface area contributed by atoms with Crippen molar-refractivity contribution in [3.8, 4) is 0 Å². The zero-order valence-electron chi connectivity index (χ0n) is 12.5. The van der Waals surface area contributed by atoms with Crippen LogP contribution >= 0.6 is 0 Å². The second-order valence-electron chi connectivity index (χ2n) is 4.99. The molecular weight excluding hydrogens is 300 g/mol. The summed E-state index contributed by atoms with van der Waals surface area (Å²) in [6.07, 6.45) is 5.70. The van der Waals surface area contributed by atoms with Crippen molar-refractivity contribution in [2.75, 3.05) is 13.1 Å². The van der Waals surface area contributed by atoms with Crippen LogP contribution in [-0.2, 0) is 16.6 Å². The van der Waals surface area contributed by atoms with Crippen molar-refractivity contribution in [2.24, 2.45) is 0 Å². The van der Waals surface area contributed by atoms with Crippen molar-refractivity contribution < 1.29 is 8.42 Å². The average Bonchev–Trinajstić information content (AvgIpc) is 2.52. The predicted molar refractivity (Wildman–Crippen MR) is 84.7 cm³/mol. The van der Waals surface area contributed by atoms with Crippen molar-refractivity contribution >= 4 is 10.0 Å². The topological polar surface area (TPSA) is 84.0 Å². The van der Waals surface area contributed by atoms with Crippen LogP contribution in [0.1, 0.15) is 17.5 Å². The molecule has 0 radical (unpaired) electrons. The van der Waals surface area contributed by atoms with E-state index in [1.165, 1.54) is 6.33 Å². The Kier molecular flexibility index (Phi) is 6.00. The molecule has 0 saturated heterocycles. The minimum absolute atomic E-state index is 0.299. The first-order chi connectivity index (χ1) is 10.6. The third-order valence-corrected chi connectivity index (χ3v) is 4.57. The Hall–Kier alpha value is -1.83. The number of sulfonamides is 1. The molecule has 1 aromatic heterocycles. The van der Waals surface area contributed by atoms with Gasteiger partial charge in [-0.3, -0.25) is 0 Å². The summed E-state index contributed by atoms with van der Waals surface area (Å²) in [6.45, 7) is 3.71. The third kappa shape index (κ3) is 5.18. The van der Waals surface area contributed by atoms with E-state index in [0.29, 0.717) is 31.0 Å². The molecule has 2 N–H and O–H groups in total. The zero-order chi connectivity index (χ0) is 15.8. The van der Waals surface area contributed by atoms with Gasteiger partial charge in [0.15, 0.2) is 0 Å². The van der Waals surface area contributed by atoms with Gasteiger partial charge in [-0.2, -0.15) is 0 Å². The van der Waals surface area contributed by atoms with Gasteiger partial charge in [-0.25, -0.2) is 23.1 Å². The number of rotatable bonds is 8. The smallest absolute Gasteiger partial charge is 0.240 e. The largest absolute Gasteiger partial charge is 0.313 e. The Morgan fingerprint density at radius 2 is 1.73 bits per heavy atom. The maximum absolute atomic E-state index is 12.0. The summed E-state index contributed by atoms with van der Waals surface area (Å²) in [5.41, 5.74) is 2.04. The van der Waals surface area contributed by atoms with Crippen LogP contribution in [0.25, 0.3) is 0 Å². The highest BCUT2D eigenvalue weighted by atomic mass is 32.2. The van der Waals surface area contributed by atoms with Crippen LogP contribution in [-0.4, -0.2) is 31.5 Å². The molecule has 2 rings (SSSR count). The van der Waals surface area contributed by atoms with Gasteiger partial charge in [-0.05, 0) is 32.0 Å². The lowest BCUT2D eigenvalue weighted by Crippen LogP contribution is -2.27. The molecule has 0 fully saturated rings. The van der Waals surface area contributed by atoms with Crippen molar-refractivity contribution in [1.29, 1.82) is 0 Å². The van der Waals surface area contributed by atoms with Gasteiger partial charge in [0.25, 0.3) is 0 Å². The van der Waals surface area contributed by atoms with Crippen LogP contribution in [0.2, 0.25) is 0 Å². The summed E-state index contributed by atoms with van der Waals surface area (Å²) in [7, 11) is -3.41. The monoisotopic (exact) mass is 320 g/mol. The lowest BCUT2D eigenvalue weighted by Gasteiger charge is -2.08. The van der Waals surface area contributed by atoms with Gasteiger partial charge < -0.3 is 5.32 Å². The fourth-order valence-electron chi connectivity index (χ4n) is 1.87. The normalized spacial score (nSPS) is 11.5. The summed E-state index contributed by atoms with van der Waals surface area (Å²) in [4.78, 5) is 8.16. The van der Waals surface area contributed by atoms with E-state index in [4.69, 9.17) is 0 Å². The molecule has 0 aliphatic heterocycles. The first-order valence-corrected chi connectivity index (χ1v) is 8.57. The zero-order valence-corrected chi connectivity index (χ0v) is 13.3. The molecule has 22 heavy (non-hydrogen) atoms. The number of aryl methyl sites for hydroxylation is 1. The molecule has 0 aliphatic rings. The van der Waals surface area contributed by atoms with E-state index >= 15 is 0 Å². The summed E-state index contributed by atoms with van der Waals surface area (Å²) in [5, 5.41) is 3.22. The number of hydrogen-bond donors (Lipinski definition) is 2. The molecule has 0 saturated carbocycles. The van der Waals surface area contributed by atoms with E-state index in [2.05, 4.69) is 20.0 Å². The molecule has 0 aliphatic carbocycles. The summed E-state index contributed by atoms with van der Waals surface area (Å²) >= 11 is 0. The van der Waals surface area contributed by atoms with Crippen LogP contribution in [0.5, 0.6) is 0 Å². The van der Waals surface area contributed by atoms with Crippen LogP contribution in [0, 0.1) is 6.92 Å². The maximum Gasteiger partial charge on any atom is 0.240 e. The van der Waals surface area contributed by atoms with Crippen LogP contribution in [0.3, 0.4) is 0 Å². The van der Waals surface area contributed by atoms with E-state index < -0.39 is 10.0 Å². The van der Waals surface area contributed by atoms with Crippen LogP contribution in [0.15, 0.2) is 47.9 Å². The molecule has 0 bridgehead atoms. The van der Waals surface area contributed by atoms with Gasteiger partial charge in [0.2, 0.25) is 10.0 Å². The lowest BCUT2D eigenvalue weighted by molar-refractivity contribution is 0.573. The molecule has 2 aromatic rings. The second kappa shape index (κ2) is 7.98. The molecule has 0 unspecified atom stereocenters. The highest BCUT2D eigenvalue weighted by Gasteiger charge is 2.12. The highest BCUT2D eigenvalue weighted by Crippen LogP contribution is 2.09. The molecule has 118 valence electrons. The summed E-state index contributed by atoms with van der Waals surface area (Å²) in [6, 6.07) is 6.81. The van der Waals surface area contributed by atoms with Crippen molar-refractivity contribution in [3.05, 3.63) is 54.1 Å². The SMILES string of the molecule is Cc1ccc(S(=O)(=O)NCCCNCc2cncnc2)cc1. The van der Waals surface area contributed by atoms with Gasteiger partial charge in [0.1, 0.15) is 6.33 Å². The Labute approximate surface area is 131 Å². The molecule has 7 heteroatoms. The van der Waals surface area contributed by atoms with Crippen LogP contribution in [0.4, 0.5) is 0 Å². The fraction of sp³-hybridized carbons (Fsp3) is 0.333. The van der Waals surface area contributed by atoms with Crippen LogP contribution < -0.4 is 10.0 Å². The second-order valence-corrected chi connectivity index (χ2v) is 6.75. The molecular formula is C15H20N4O2S. The molecule has 6 nitrogen and oxygen atoms in total. The van der Waals surface area contributed by atoms with E-state index in [0.717, 1.165) is 11.1 Å². The Bertz CT molecular complexity index is 672. The highest BCUT2D eigenvalue weighted by molar-refractivity contribution is 7.89. The number of nitrogens with zero attached hydrogens (tertiary/aromatic N) is 2. The molecule has 0 amide bonds. The van der Waals surface area contributed by atoms with Gasteiger partial charge in [-0.15, -0.1) is 0 Å². The molecule has 1 aromatic carbocycles. The number of hydrogen-bond acceptors (Lipinski definition) is 5.